The van der Waals surface area contributed by atoms with Gasteiger partial charge in [0, 0.05) is 35.3 Å². The van der Waals surface area contributed by atoms with Gasteiger partial charge in [0.1, 0.15) is 11.8 Å². The molecule has 6 rings (SSSR count). The van der Waals surface area contributed by atoms with E-state index in [9.17, 15) is 0 Å². The first-order valence-electron chi connectivity index (χ1n) is 12.6. The number of rotatable bonds is 6. The number of hydrogen-bond acceptors (Lipinski definition) is 4. The van der Waals surface area contributed by atoms with Gasteiger partial charge in [0.25, 0.3) is 0 Å². The molecule has 0 bridgehead atoms. The first-order valence-corrected chi connectivity index (χ1v) is 12.6. The first-order chi connectivity index (χ1) is 18.1. The zero-order valence-corrected chi connectivity index (χ0v) is 21.2. The molecule has 0 aliphatic rings. The number of hydrogen-bond donors (Lipinski definition) is 0. The van der Waals surface area contributed by atoms with Crippen molar-refractivity contribution >= 4 is 11.0 Å². The molecule has 0 N–H and O–H groups in total. The lowest BCUT2D eigenvalue weighted by Crippen LogP contribution is -2.13. The van der Waals surface area contributed by atoms with Gasteiger partial charge in [-0.1, -0.05) is 72.7 Å². The molecule has 0 radical (unpaired) electrons. The predicted octanol–water partition coefficient (Wildman–Crippen LogP) is 7.57. The van der Waals surface area contributed by atoms with Crippen LogP contribution >= 0.6 is 0 Å². The minimum Gasteiger partial charge on any atom is -0.361 e. The van der Waals surface area contributed by atoms with Crippen LogP contribution in [0.1, 0.15) is 41.2 Å². The Morgan fingerprint density at radius 2 is 1.65 bits per heavy atom. The Kier molecular flexibility index (Phi) is 5.89. The van der Waals surface area contributed by atoms with Crippen LogP contribution in [0.15, 0.2) is 102 Å². The van der Waals surface area contributed by atoms with Crippen molar-refractivity contribution in [2.75, 3.05) is 0 Å². The number of aromatic nitrogens is 4. The Hall–Kier alpha value is -4.51. The molecule has 0 spiro atoms. The molecule has 5 nitrogen and oxygen atoms in total. The van der Waals surface area contributed by atoms with Crippen LogP contribution < -0.4 is 0 Å². The summed E-state index contributed by atoms with van der Waals surface area (Å²) in [5.41, 5.74) is 10.5. The highest BCUT2D eigenvalue weighted by Crippen LogP contribution is 2.38. The Bertz CT molecular complexity index is 1610. The normalized spacial score (nSPS) is 12.2. The SMILES string of the molecule is CCc1ccc(-c2cn(C(c3ccccc3)c3ccccn3)c3cc(-c4c(C)noc4C)cnc23)cc1. The highest BCUT2D eigenvalue weighted by molar-refractivity contribution is 5.95. The third-order valence-electron chi connectivity index (χ3n) is 7.03. The van der Waals surface area contributed by atoms with Gasteiger partial charge in [0.05, 0.1) is 22.4 Å². The number of benzene rings is 2. The van der Waals surface area contributed by atoms with Gasteiger partial charge < -0.3 is 9.09 Å². The van der Waals surface area contributed by atoms with Crippen molar-refractivity contribution in [3.05, 3.63) is 126 Å². The fourth-order valence-corrected chi connectivity index (χ4v) is 5.15. The van der Waals surface area contributed by atoms with Crippen LogP contribution in [-0.4, -0.2) is 19.7 Å². The lowest BCUT2D eigenvalue weighted by atomic mass is 10.0. The molecule has 1 atom stereocenters. The minimum atomic E-state index is -0.115. The van der Waals surface area contributed by atoms with Gasteiger partial charge in [0.2, 0.25) is 0 Å². The summed E-state index contributed by atoms with van der Waals surface area (Å²) in [6, 6.07) is 27.5. The maximum atomic E-state index is 5.48. The zero-order valence-electron chi connectivity index (χ0n) is 21.2. The molecule has 4 heterocycles. The number of nitrogens with zero attached hydrogens (tertiary/aromatic N) is 4. The van der Waals surface area contributed by atoms with Gasteiger partial charge in [0.15, 0.2) is 0 Å². The topological polar surface area (TPSA) is 56.7 Å². The average molecular weight is 485 g/mol. The van der Waals surface area contributed by atoms with Gasteiger partial charge in [-0.05, 0) is 55.2 Å². The summed E-state index contributed by atoms with van der Waals surface area (Å²) in [6.45, 7) is 6.09. The molecular formula is C32H28N4O. The van der Waals surface area contributed by atoms with Crippen molar-refractivity contribution in [1.29, 1.82) is 0 Å². The molecular weight excluding hydrogens is 456 g/mol. The summed E-state index contributed by atoms with van der Waals surface area (Å²) in [7, 11) is 0. The van der Waals surface area contributed by atoms with Crippen molar-refractivity contribution in [1.82, 2.24) is 19.7 Å². The van der Waals surface area contributed by atoms with Gasteiger partial charge in [-0.25, -0.2) is 0 Å². The van der Waals surface area contributed by atoms with Gasteiger partial charge in [-0.15, -0.1) is 0 Å². The largest absolute Gasteiger partial charge is 0.361 e. The number of aryl methyl sites for hydroxylation is 3. The van der Waals surface area contributed by atoms with Crippen LogP contribution in [0.2, 0.25) is 0 Å². The minimum absolute atomic E-state index is 0.115. The smallest absolute Gasteiger partial charge is 0.141 e. The molecule has 0 aliphatic carbocycles. The van der Waals surface area contributed by atoms with Crippen LogP contribution in [0, 0.1) is 13.8 Å². The monoisotopic (exact) mass is 484 g/mol. The van der Waals surface area contributed by atoms with Crippen molar-refractivity contribution in [2.45, 2.75) is 33.2 Å². The van der Waals surface area contributed by atoms with Crippen LogP contribution in [0.3, 0.4) is 0 Å². The Balaban J connectivity index is 1.64. The van der Waals surface area contributed by atoms with Crippen molar-refractivity contribution < 1.29 is 4.52 Å². The van der Waals surface area contributed by atoms with E-state index in [2.05, 4.69) is 83.5 Å². The van der Waals surface area contributed by atoms with Crippen molar-refractivity contribution in [2.24, 2.45) is 0 Å². The van der Waals surface area contributed by atoms with E-state index in [0.717, 1.165) is 62.4 Å². The van der Waals surface area contributed by atoms with Crippen LogP contribution in [0.25, 0.3) is 33.3 Å². The zero-order chi connectivity index (χ0) is 25.4. The summed E-state index contributed by atoms with van der Waals surface area (Å²) >= 11 is 0. The van der Waals surface area contributed by atoms with E-state index in [1.54, 1.807) is 0 Å². The van der Waals surface area contributed by atoms with Gasteiger partial charge >= 0.3 is 0 Å². The highest BCUT2D eigenvalue weighted by Gasteiger charge is 2.23. The molecule has 0 fully saturated rings. The average Bonchev–Trinajstić information content (AvgIpc) is 3.49. The quantitative estimate of drug-likeness (QED) is 0.245. The first kappa shape index (κ1) is 22.9. The highest BCUT2D eigenvalue weighted by atomic mass is 16.5. The fourth-order valence-electron chi connectivity index (χ4n) is 5.15. The molecule has 0 amide bonds. The lowest BCUT2D eigenvalue weighted by molar-refractivity contribution is 0.393. The maximum absolute atomic E-state index is 5.48. The van der Waals surface area contributed by atoms with Crippen molar-refractivity contribution in [3.63, 3.8) is 0 Å². The summed E-state index contributed by atoms with van der Waals surface area (Å²) in [6.07, 6.45) is 7.02. The van der Waals surface area contributed by atoms with Gasteiger partial charge in [-0.3, -0.25) is 9.97 Å². The molecule has 37 heavy (non-hydrogen) atoms. The molecule has 1 unspecified atom stereocenters. The molecule has 2 aromatic carbocycles. The van der Waals surface area contributed by atoms with E-state index in [4.69, 9.17) is 14.5 Å². The van der Waals surface area contributed by atoms with E-state index in [-0.39, 0.29) is 6.04 Å². The lowest BCUT2D eigenvalue weighted by Gasteiger charge is -2.20. The predicted molar refractivity (Wildman–Crippen MR) is 147 cm³/mol. The molecule has 182 valence electrons. The second-order valence-corrected chi connectivity index (χ2v) is 9.36. The van der Waals surface area contributed by atoms with Crippen LogP contribution in [0.4, 0.5) is 0 Å². The Labute approximate surface area is 216 Å². The Morgan fingerprint density at radius 1 is 0.865 bits per heavy atom. The molecule has 0 aliphatic heterocycles. The van der Waals surface area contributed by atoms with Crippen LogP contribution in [-0.2, 0) is 6.42 Å². The van der Waals surface area contributed by atoms with E-state index < -0.39 is 0 Å². The van der Waals surface area contributed by atoms with E-state index in [0.29, 0.717) is 0 Å². The molecule has 0 saturated carbocycles. The second kappa shape index (κ2) is 9.51. The fraction of sp³-hybridized carbons (Fsp3) is 0.156. The summed E-state index contributed by atoms with van der Waals surface area (Å²) in [5.74, 6) is 0.788. The maximum Gasteiger partial charge on any atom is 0.141 e. The Morgan fingerprint density at radius 3 is 2.32 bits per heavy atom. The van der Waals surface area contributed by atoms with E-state index in [1.165, 1.54) is 5.56 Å². The van der Waals surface area contributed by atoms with E-state index in [1.807, 2.05) is 44.4 Å². The molecule has 6 aromatic rings. The van der Waals surface area contributed by atoms with Crippen molar-refractivity contribution in [3.8, 4) is 22.3 Å². The number of fused-ring (bicyclic) bond motifs is 1. The summed E-state index contributed by atoms with van der Waals surface area (Å²) < 4.78 is 7.79. The third-order valence-corrected chi connectivity index (χ3v) is 7.03. The molecule has 4 aromatic heterocycles. The third kappa shape index (κ3) is 4.12. The second-order valence-electron chi connectivity index (χ2n) is 9.36. The molecule has 5 heteroatoms. The summed E-state index contributed by atoms with van der Waals surface area (Å²) in [5, 5.41) is 4.17. The summed E-state index contributed by atoms with van der Waals surface area (Å²) in [4.78, 5) is 9.80. The van der Waals surface area contributed by atoms with E-state index >= 15 is 0 Å². The molecule has 0 saturated heterocycles. The van der Waals surface area contributed by atoms with Gasteiger partial charge in [-0.2, -0.15) is 0 Å². The standard InChI is InChI=1S/C32H28N4O/c1-4-23-13-15-24(16-14-23)27-20-36(32(25-10-6-5-7-11-25)28-12-8-9-17-33-28)29-18-26(19-34-31(27)29)30-21(2)35-37-22(30)3/h5-20,32H,4H2,1-3H3. The van der Waals surface area contributed by atoms with Crippen LogP contribution in [0.5, 0.6) is 0 Å². The number of pyridine rings is 2.